The molecule has 82 valence electrons. The number of halogens is 1. The molecule has 1 rings (SSSR count). The van der Waals surface area contributed by atoms with Crippen molar-refractivity contribution in [1.29, 1.82) is 0 Å². The maximum Gasteiger partial charge on any atom is 0.225 e. The minimum atomic E-state index is -0.113. The first-order valence-electron chi connectivity index (χ1n) is 4.81. The van der Waals surface area contributed by atoms with Gasteiger partial charge < -0.3 is 11.1 Å². The van der Waals surface area contributed by atoms with Gasteiger partial charge in [-0.25, -0.2) is 0 Å². The molecule has 3 N–H and O–H groups in total. The molecule has 1 aromatic carbocycles. The van der Waals surface area contributed by atoms with Crippen molar-refractivity contribution in [2.45, 2.75) is 26.3 Å². The number of carbonyl (C=O) groups is 1. The van der Waals surface area contributed by atoms with Crippen molar-refractivity contribution in [2.75, 3.05) is 5.32 Å². The molecule has 1 atom stereocenters. The third-order valence-electron chi connectivity index (χ3n) is 2.05. The number of amides is 1. The van der Waals surface area contributed by atoms with E-state index in [4.69, 9.17) is 5.73 Å². The second kappa shape index (κ2) is 5.28. The number of benzene rings is 1. The fraction of sp³-hybridized carbons (Fsp3) is 0.364. The predicted molar refractivity (Wildman–Crippen MR) is 65.8 cm³/mol. The van der Waals surface area contributed by atoms with Gasteiger partial charge in [0.1, 0.15) is 0 Å². The molecule has 1 aromatic rings. The van der Waals surface area contributed by atoms with Crippen molar-refractivity contribution < 1.29 is 4.79 Å². The smallest absolute Gasteiger partial charge is 0.225 e. The Morgan fingerprint density at radius 2 is 2.27 bits per heavy atom. The highest BCUT2D eigenvalue weighted by atomic mass is 79.9. The molecule has 15 heavy (non-hydrogen) atoms. The van der Waals surface area contributed by atoms with Crippen LogP contribution in [-0.4, -0.2) is 11.9 Å². The molecule has 1 unspecified atom stereocenters. The lowest BCUT2D eigenvalue weighted by atomic mass is 10.2. The van der Waals surface area contributed by atoms with Gasteiger partial charge in [0.2, 0.25) is 5.91 Å². The van der Waals surface area contributed by atoms with Gasteiger partial charge in [-0.1, -0.05) is 22.0 Å². The Hall–Kier alpha value is -0.870. The fourth-order valence-electron chi connectivity index (χ4n) is 1.24. The zero-order valence-electron chi connectivity index (χ0n) is 8.88. The Labute approximate surface area is 98.2 Å². The molecule has 0 saturated carbocycles. The topological polar surface area (TPSA) is 55.1 Å². The summed E-state index contributed by atoms with van der Waals surface area (Å²) in [7, 11) is 0. The number of anilines is 1. The second-order valence-electron chi connectivity index (χ2n) is 3.64. The van der Waals surface area contributed by atoms with Crippen molar-refractivity contribution in [3.63, 3.8) is 0 Å². The predicted octanol–water partition coefficient (Wildman–Crippen LogP) is 2.43. The number of nitrogens with two attached hydrogens (primary N) is 1. The van der Waals surface area contributed by atoms with Crippen molar-refractivity contribution >= 4 is 27.5 Å². The van der Waals surface area contributed by atoms with Gasteiger partial charge in [-0.05, 0) is 31.5 Å². The Kier molecular flexibility index (Phi) is 4.29. The molecule has 0 aliphatic rings. The number of nitrogens with one attached hydrogen (secondary N) is 1. The molecule has 0 aliphatic heterocycles. The van der Waals surface area contributed by atoms with Gasteiger partial charge in [-0.2, -0.15) is 0 Å². The summed E-state index contributed by atoms with van der Waals surface area (Å²) in [4.78, 5) is 11.5. The van der Waals surface area contributed by atoms with Crippen LogP contribution in [0, 0.1) is 6.92 Å². The van der Waals surface area contributed by atoms with E-state index >= 15 is 0 Å². The lowest BCUT2D eigenvalue weighted by Gasteiger charge is -2.10. The standard InChI is InChI=1S/C11H15BrN2O/c1-7(13)6-11(15)14-10-5-3-4-9(12)8(10)2/h3-5,7H,6,13H2,1-2H3,(H,14,15). The molecule has 0 radical (unpaired) electrons. The zero-order valence-corrected chi connectivity index (χ0v) is 10.5. The minimum Gasteiger partial charge on any atom is -0.327 e. The van der Waals surface area contributed by atoms with E-state index in [1.807, 2.05) is 32.0 Å². The molecule has 4 heteroatoms. The van der Waals surface area contributed by atoms with Gasteiger partial charge in [-0.3, -0.25) is 4.79 Å². The summed E-state index contributed by atoms with van der Waals surface area (Å²) in [6.07, 6.45) is 0.339. The van der Waals surface area contributed by atoms with Crippen molar-refractivity contribution in [2.24, 2.45) is 5.73 Å². The number of rotatable bonds is 3. The van der Waals surface area contributed by atoms with Crippen LogP contribution in [0.1, 0.15) is 18.9 Å². The van der Waals surface area contributed by atoms with Gasteiger partial charge in [0.15, 0.2) is 0 Å². The first-order valence-corrected chi connectivity index (χ1v) is 5.60. The van der Waals surface area contributed by atoms with E-state index in [-0.39, 0.29) is 11.9 Å². The first-order chi connectivity index (χ1) is 7.00. The fourth-order valence-corrected chi connectivity index (χ4v) is 1.60. The lowest BCUT2D eigenvalue weighted by molar-refractivity contribution is -0.116. The summed E-state index contributed by atoms with van der Waals surface area (Å²) >= 11 is 3.41. The average Bonchev–Trinajstić information content (AvgIpc) is 2.11. The quantitative estimate of drug-likeness (QED) is 0.887. The van der Waals surface area contributed by atoms with Gasteiger partial charge in [0, 0.05) is 22.6 Å². The highest BCUT2D eigenvalue weighted by Crippen LogP contribution is 2.23. The van der Waals surface area contributed by atoms with E-state index in [0.29, 0.717) is 6.42 Å². The minimum absolute atomic E-state index is 0.0498. The number of hydrogen-bond donors (Lipinski definition) is 2. The molecule has 0 fully saturated rings. The monoisotopic (exact) mass is 270 g/mol. The Morgan fingerprint density at radius 3 is 2.87 bits per heavy atom. The van der Waals surface area contributed by atoms with Crippen LogP contribution in [0.2, 0.25) is 0 Å². The van der Waals surface area contributed by atoms with E-state index in [1.165, 1.54) is 0 Å². The summed E-state index contributed by atoms with van der Waals surface area (Å²) in [6.45, 7) is 3.76. The second-order valence-corrected chi connectivity index (χ2v) is 4.50. The third kappa shape index (κ3) is 3.64. The maximum absolute atomic E-state index is 11.5. The SMILES string of the molecule is Cc1c(Br)cccc1NC(=O)CC(C)N. The van der Waals surface area contributed by atoms with Gasteiger partial charge >= 0.3 is 0 Å². The van der Waals surface area contributed by atoms with Crippen molar-refractivity contribution in [3.05, 3.63) is 28.2 Å². The first kappa shape index (κ1) is 12.2. The van der Waals surface area contributed by atoms with Crippen molar-refractivity contribution in [1.82, 2.24) is 0 Å². The molecule has 0 aromatic heterocycles. The molecule has 0 heterocycles. The lowest BCUT2D eigenvalue weighted by Crippen LogP contribution is -2.24. The van der Waals surface area contributed by atoms with E-state index < -0.39 is 0 Å². The highest BCUT2D eigenvalue weighted by Gasteiger charge is 2.07. The summed E-state index contributed by atoms with van der Waals surface area (Å²) in [6, 6.07) is 5.59. The molecular formula is C11H15BrN2O. The Morgan fingerprint density at radius 1 is 1.60 bits per heavy atom. The van der Waals surface area contributed by atoms with Crippen LogP contribution in [0.5, 0.6) is 0 Å². The maximum atomic E-state index is 11.5. The van der Waals surface area contributed by atoms with Gasteiger partial charge in [0.05, 0.1) is 0 Å². The van der Waals surface area contributed by atoms with Crippen LogP contribution in [0.25, 0.3) is 0 Å². The van der Waals surface area contributed by atoms with E-state index in [1.54, 1.807) is 0 Å². The summed E-state index contributed by atoms with van der Waals surface area (Å²) < 4.78 is 0.987. The van der Waals surface area contributed by atoms with Crippen LogP contribution in [-0.2, 0) is 4.79 Å². The largest absolute Gasteiger partial charge is 0.327 e. The Balaban J connectivity index is 2.73. The van der Waals surface area contributed by atoms with Gasteiger partial charge in [-0.15, -0.1) is 0 Å². The molecule has 3 nitrogen and oxygen atoms in total. The molecule has 0 spiro atoms. The van der Waals surface area contributed by atoms with E-state index in [9.17, 15) is 4.79 Å². The van der Waals surface area contributed by atoms with Gasteiger partial charge in [0.25, 0.3) is 0 Å². The summed E-state index contributed by atoms with van der Waals surface area (Å²) in [5.41, 5.74) is 7.40. The highest BCUT2D eigenvalue weighted by molar-refractivity contribution is 9.10. The van der Waals surface area contributed by atoms with E-state index in [0.717, 1.165) is 15.7 Å². The molecule has 0 bridgehead atoms. The van der Waals surface area contributed by atoms with E-state index in [2.05, 4.69) is 21.2 Å². The molecule has 0 aliphatic carbocycles. The van der Waals surface area contributed by atoms with Crippen LogP contribution in [0.15, 0.2) is 22.7 Å². The van der Waals surface area contributed by atoms with Crippen LogP contribution in [0.4, 0.5) is 5.69 Å². The molecule has 1 amide bonds. The van der Waals surface area contributed by atoms with Crippen molar-refractivity contribution in [3.8, 4) is 0 Å². The van der Waals surface area contributed by atoms with Crippen LogP contribution >= 0.6 is 15.9 Å². The summed E-state index contributed by atoms with van der Waals surface area (Å²) in [5.74, 6) is -0.0498. The molecular weight excluding hydrogens is 256 g/mol. The number of hydrogen-bond acceptors (Lipinski definition) is 2. The number of carbonyl (C=O) groups excluding carboxylic acids is 1. The van der Waals surface area contributed by atoms with Crippen LogP contribution < -0.4 is 11.1 Å². The summed E-state index contributed by atoms with van der Waals surface area (Å²) in [5, 5.41) is 2.83. The molecule has 0 saturated heterocycles. The third-order valence-corrected chi connectivity index (χ3v) is 2.91. The Bertz CT molecular complexity index is 364. The zero-order chi connectivity index (χ0) is 11.4. The normalized spacial score (nSPS) is 12.3. The van der Waals surface area contributed by atoms with Crippen LogP contribution in [0.3, 0.4) is 0 Å². The average molecular weight is 271 g/mol.